The fourth-order valence-electron chi connectivity index (χ4n) is 3.53. The molecule has 0 unspecified atom stereocenters. The summed E-state index contributed by atoms with van der Waals surface area (Å²) in [5, 5.41) is 4.84. The van der Waals surface area contributed by atoms with Gasteiger partial charge in [0.2, 0.25) is 0 Å². The number of pyridine rings is 1. The number of carbonyl (C=O) groups excluding carboxylic acids is 2. The molecule has 0 saturated heterocycles. The Kier molecular flexibility index (Phi) is 7.12. The Morgan fingerprint density at radius 2 is 1.85 bits per heavy atom. The first-order valence-corrected chi connectivity index (χ1v) is 11.8. The molecule has 4 rings (SSSR count). The molecule has 0 N–H and O–H groups in total. The minimum Gasteiger partial charge on any atom is -0.461 e. The van der Waals surface area contributed by atoms with Crippen LogP contribution in [0.4, 0.5) is 5.13 Å². The van der Waals surface area contributed by atoms with Crippen LogP contribution >= 0.6 is 11.3 Å². The van der Waals surface area contributed by atoms with E-state index in [9.17, 15) is 9.59 Å². The summed E-state index contributed by atoms with van der Waals surface area (Å²) in [4.78, 5) is 37.2. The van der Waals surface area contributed by atoms with Crippen LogP contribution in [0.5, 0.6) is 0 Å². The number of nitrogens with zero attached hydrogens (tertiary/aromatic N) is 5. The van der Waals surface area contributed by atoms with E-state index in [-0.39, 0.29) is 18.2 Å². The van der Waals surface area contributed by atoms with E-state index in [1.807, 2.05) is 55.5 Å². The Morgan fingerprint density at radius 1 is 1.09 bits per heavy atom. The van der Waals surface area contributed by atoms with Gasteiger partial charge < -0.3 is 4.74 Å². The topological polar surface area (TPSA) is 90.2 Å². The van der Waals surface area contributed by atoms with E-state index < -0.39 is 5.97 Å². The molecule has 0 aliphatic rings. The van der Waals surface area contributed by atoms with Gasteiger partial charge in [0.25, 0.3) is 5.91 Å². The van der Waals surface area contributed by atoms with E-state index in [1.165, 1.54) is 11.3 Å². The molecule has 3 aromatic heterocycles. The number of hydrogen-bond acceptors (Lipinski definition) is 7. The third kappa shape index (κ3) is 4.89. The minimum atomic E-state index is -0.489. The maximum atomic E-state index is 13.8. The van der Waals surface area contributed by atoms with Gasteiger partial charge in [-0.05, 0) is 44.9 Å². The molecule has 0 radical (unpaired) electrons. The van der Waals surface area contributed by atoms with Crippen molar-refractivity contribution in [1.82, 2.24) is 19.7 Å². The molecule has 0 aliphatic carbocycles. The number of aromatic nitrogens is 4. The SMILES string of the molecule is CCOC(=O)c1nc(N(CCc2ccccc2)C(=O)c2cnn(-c3ccccn3)c2C)sc1C. The lowest BCUT2D eigenvalue weighted by Crippen LogP contribution is -2.33. The second-order valence-corrected chi connectivity index (χ2v) is 8.74. The number of thiazole rings is 1. The fourth-order valence-corrected chi connectivity index (χ4v) is 4.45. The summed E-state index contributed by atoms with van der Waals surface area (Å²) in [6.07, 6.45) is 3.86. The monoisotopic (exact) mass is 475 g/mol. The molecule has 0 saturated carbocycles. The van der Waals surface area contributed by atoms with Crippen LogP contribution in [0.25, 0.3) is 5.82 Å². The quantitative estimate of drug-likeness (QED) is 0.351. The van der Waals surface area contributed by atoms with Crippen LogP contribution in [0.1, 0.15) is 43.9 Å². The summed E-state index contributed by atoms with van der Waals surface area (Å²) in [5.41, 5.74) is 2.46. The highest BCUT2D eigenvalue weighted by atomic mass is 32.1. The lowest BCUT2D eigenvalue weighted by atomic mass is 10.1. The smallest absolute Gasteiger partial charge is 0.358 e. The summed E-state index contributed by atoms with van der Waals surface area (Å²) >= 11 is 1.30. The van der Waals surface area contributed by atoms with Crippen molar-refractivity contribution in [3.8, 4) is 5.82 Å². The zero-order valence-corrected chi connectivity index (χ0v) is 20.1. The first kappa shape index (κ1) is 23.3. The van der Waals surface area contributed by atoms with Crippen molar-refractivity contribution in [3.05, 3.63) is 88.3 Å². The first-order chi connectivity index (χ1) is 16.5. The molecule has 1 aromatic carbocycles. The van der Waals surface area contributed by atoms with Crippen molar-refractivity contribution in [3.63, 3.8) is 0 Å². The van der Waals surface area contributed by atoms with E-state index in [2.05, 4.69) is 15.1 Å². The highest BCUT2D eigenvalue weighted by Gasteiger charge is 2.27. The third-order valence-electron chi connectivity index (χ3n) is 5.30. The van der Waals surface area contributed by atoms with Gasteiger partial charge in [-0.1, -0.05) is 36.4 Å². The number of rotatable bonds is 8. The maximum absolute atomic E-state index is 13.8. The molecule has 174 valence electrons. The molecule has 0 bridgehead atoms. The molecule has 0 atom stereocenters. The van der Waals surface area contributed by atoms with Gasteiger partial charge in [0.15, 0.2) is 16.6 Å². The summed E-state index contributed by atoms with van der Waals surface area (Å²) in [5.74, 6) is -0.0959. The average molecular weight is 476 g/mol. The first-order valence-electron chi connectivity index (χ1n) is 11.0. The second kappa shape index (κ2) is 10.4. The second-order valence-electron chi connectivity index (χ2n) is 7.56. The van der Waals surface area contributed by atoms with Crippen LogP contribution in [-0.4, -0.2) is 44.8 Å². The number of carbonyl (C=O) groups is 2. The molecule has 4 aromatic rings. The Bertz CT molecular complexity index is 1280. The summed E-state index contributed by atoms with van der Waals surface area (Å²) in [6, 6.07) is 15.4. The molecule has 0 spiro atoms. The highest BCUT2D eigenvalue weighted by molar-refractivity contribution is 7.16. The largest absolute Gasteiger partial charge is 0.461 e. The van der Waals surface area contributed by atoms with E-state index >= 15 is 0 Å². The molecule has 1 amide bonds. The Morgan fingerprint density at radius 3 is 2.56 bits per heavy atom. The van der Waals surface area contributed by atoms with Crippen molar-refractivity contribution >= 4 is 28.3 Å². The lowest BCUT2D eigenvalue weighted by molar-refractivity contribution is 0.0519. The zero-order chi connectivity index (χ0) is 24.1. The van der Waals surface area contributed by atoms with E-state index in [1.54, 1.807) is 35.8 Å². The average Bonchev–Trinajstić information content (AvgIpc) is 3.43. The van der Waals surface area contributed by atoms with Gasteiger partial charge in [0, 0.05) is 17.6 Å². The van der Waals surface area contributed by atoms with Crippen molar-refractivity contribution in [2.75, 3.05) is 18.1 Å². The van der Waals surface area contributed by atoms with Crippen molar-refractivity contribution in [2.24, 2.45) is 0 Å². The van der Waals surface area contributed by atoms with Gasteiger partial charge in [0.1, 0.15) is 0 Å². The van der Waals surface area contributed by atoms with Crippen LogP contribution in [0.15, 0.2) is 60.9 Å². The Balaban J connectivity index is 1.68. The van der Waals surface area contributed by atoms with Gasteiger partial charge >= 0.3 is 5.97 Å². The molecule has 0 aliphatic heterocycles. The van der Waals surface area contributed by atoms with Gasteiger partial charge in [0.05, 0.1) is 24.1 Å². The Hall–Kier alpha value is -3.85. The molecule has 9 heteroatoms. The number of benzene rings is 1. The molecular weight excluding hydrogens is 450 g/mol. The van der Waals surface area contributed by atoms with Crippen LogP contribution in [-0.2, 0) is 11.2 Å². The van der Waals surface area contributed by atoms with E-state index in [0.29, 0.717) is 40.0 Å². The minimum absolute atomic E-state index is 0.236. The third-order valence-corrected chi connectivity index (χ3v) is 6.30. The summed E-state index contributed by atoms with van der Waals surface area (Å²) < 4.78 is 6.77. The molecule has 8 nitrogen and oxygen atoms in total. The fraction of sp³-hybridized carbons (Fsp3) is 0.240. The van der Waals surface area contributed by atoms with Crippen molar-refractivity contribution in [2.45, 2.75) is 27.2 Å². The van der Waals surface area contributed by atoms with Crippen molar-refractivity contribution in [1.29, 1.82) is 0 Å². The number of amides is 1. The normalized spacial score (nSPS) is 10.8. The van der Waals surface area contributed by atoms with E-state index in [0.717, 1.165) is 5.56 Å². The number of aryl methyl sites for hydroxylation is 1. The van der Waals surface area contributed by atoms with Crippen LogP contribution in [0.2, 0.25) is 0 Å². The van der Waals surface area contributed by atoms with Crippen LogP contribution in [0.3, 0.4) is 0 Å². The molecule has 0 fully saturated rings. The zero-order valence-electron chi connectivity index (χ0n) is 19.3. The van der Waals surface area contributed by atoms with E-state index in [4.69, 9.17) is 4.74 Å². The predicted molar refractivity (Wildman–Crippen MR) is 131 cm³/mol. The van der Waals surface area contributed by atoms with Crippen LogP contribution < -0.4 is 4.90 Å². The summed E-state index contributed by atoms with van der Waals surface area (Å²) in [7, 11) is 0. The van der Waals surface area contributed by atoms with Crippen molar-refractivity contribution < 1.29 is 14.3 Å². The number of anilines is 1. The van der Waals surface area contributed by atoms with Gasteiger partial charge in [-0.15, -0.1) is 11.3 Å². The number of esters is 1. The summed E-state index contributed by atoms with van der Waals surface area (Å²) in [6.45, 7) is 6.04. The predicted octanol–water partition coefficient (Wildman–Crippen LogP) is 4.41. The van der Waals surface area contributed by atoms with Gasteiger partial charge in [-0.2, -0.15) is 5.10 Å². The standard InChI is InChI=1S/C25H25N5O3S/c1-4-33-24(32)22-18(3)34-25(28-22)29(15-13-19-10-6-5-7-11-19)23(31)20-16-27-30(17(20)2)21-12-8-9-14-26-21/h5-12,14,16H,4,13,15H2,1-3H3. The molecule has 3 heterocycles. The molecule has 34 heavy (non-hydrogen) atoms. The lowest BCUT2D eigenvalue weighted by Gasteiger charge is -2.20. The highest BCUT2D eigenvalue weighted by Crippen LogP contribution is 2.28. The number of ether oxygens (including phenoxy) is 1. The maximum Gasteiger partial charge on any atom is 0.358 e. The molecular formula is C25H25N5O3S. The van der Waals surface area contributed by atoms with Gasteiger partial charge in [-0.3, -0.25) is 9.69 Å². The van der Waals surface area contributed by atoms with Crippen LogP contribution in [0, 0.1) is 13.8 Å². The van der Waals surface area contributed by atoms with Gasteiger partial charge in [-0.25, -0.2) is 19.4 Å². The Labute approximate surface area is 201 Å². The number of hydrogen-bond donors (Lipinski definition) is 0.